The van der Waals surface area contributed by atoms with Crippen molar-refractivity contribution in [2.45, 2.75) is 31.0 Å². The maximum Gasteiger partial charge on any atom is 0.0843 e. The van der Waals surface area contributed by atoms with Crippen molar-refractivity contribution in [3.05, 3.63) is 35.4 Å². The summed E-state index contributed by atoms with van der Waals surface area (Å²) in [5.41, 5.74) is 9.31. The first kappa shape index (κ1) is 15.0. The van der Waals surface area contributed by atoms with Crippen molar-refractivity contribution < 1.29 is 4.74 Å². The van der Waals surface area contributed by atoms with E-state index in [1.165, 1.54) is 11.1 Å². The van der Waals surface area contributed by atoms with Gasteiger partial charge in [-0.25, -0.2) is 0 Å². The molecule has 0 aromatic heterocycles. The van der Waals surface area contributed by atoms with Gasteiger partial charge >= 0.3 is 0 Å². The number of hydrogen-bond acceptors (Lipinski definition) is 4. The molecular formula is C17H27N3O. The van der Waals surface area contributed by atoms with E-state index < -0.39 is 0 Å². The monoisotopic (exact) mass is 289 g/mol. The van der Waals surface area contributed by atoms with E-state index in [4.69, 9.17) is 10.5 Å². The molecule has 4 heteroatoms. The van der Waals surface area contributed by atoms with Crippen LogP contribution >= 0.6 is 0 Å². The molecule has 3 atom stereocenters. The Morgan fingerprint density at radius 1 is 1.29 bits per heavy atom. The first-order valence-electron chi connectivity index (χ1n) is 7.99. The van der Waals surface area contributed by atoms with Crippen LogP contribution in [0.15, 0.2) is 24.3 Å². The normalized spacial score (nSPS) is 29.1. The Morgan fingerprint density at radius 3 is 2.95 bits per heavy atom. The molecule has 0 radical (unpaired) electrons. The second-order valence-corrected chi connectivity index (χ2v) is 6.52. The van der Waals surface area contributed by atoms with Crippen LogP contribution < -0.4 is 5.73 Å². The molecule has 2 aliphatic rings. The number of benzene rings is 1. The first-order valence-corrected chi connectivity index (χ1v) is 7.99. The van der Waals surface area contributed by atoms with E-state index in [1.54, 1.807) is 0 Å². The van der Waals surface area contributed by atoms with Gasteiger partial charge < -0.3 is 15.4 Å². The van der Waals surface area contributed by atoms with Crippen molar-refractivity contribution in [1.29, 1.82) is 0 Å². The van der Waals surface area contributed by atoms with E-state index in [9.17, 15) is 0 Å². The van der Waals surface area contributed by atoms with Crippen LogP contribution in [0.1, 0.15) is 23.7 Å². The van der Waals surface area contributed by atoms with Crippen LogP contribution in [0.25, 0.3) is 0 Å². The Labute approximate surface area is 127 Å². The SMILES string of the molecule is CN1CCN(C)C(C(N)CC2OCCc3ccccc32)C1. The summed E-state index contributed by atoms with van der Waals surface area (Å²) in [6.45, 7) is 4.08. The van der Waals surface area contributed by atoms with Gasteiger partial charge in [0.1, 0.15) is 0 Å². The topological polar surface area (TPSA) is 41.7 Å². The highest BCUT2D eigenvalue weighted by atomic mass is 16.5. The van der Waals surface area contributed by atoms with Gasteiger partial charge in [-0.2, -0.15) is 0 Å². The number of piperazine rings is 1. The maximum atomic E-state index is 6.54. The van der Waals surface area contributed by atoms with Crippen molar-refractivity contribution >= 4 is 0 Å². The molecule has 2 N–H and O–H groups in total. The molecule has 4 nitrogen and oxygen atoms in total. The predicted molar refractivity (Wildman–Crippen MR) is 85.3 cm³/mol. The van der Waals surface area contributed by atoms with Gasteiger partial charge in [0.2, 0.25) is 0 Å². The van der Waals surface area contributed by atoms with Crippen molar-refractivity contribution in [3.8, 4) is 0 Å². The molecule has 3 unspecified atom stereocenters. The summed E-state index contributed by atoms with van der Waals surface area (Å²) < 4.78 is 6.02. The van der Waals surface area contributed by atoms with Gasteiger partial charge in [0.25, 0.3) is 0 Å². The molecule has 1 aromatic carbocycles. The predicted octanol–water partition coefficient (Wildman–Crippen LogP) is 1.26. The van der Waals surface area contributed by atoms with E-state index in [-0.39, 0.29) is 12.1 Å². The van der Waals surface area contributed by atoms with Crippen LogP contribution in [-0.4, -0.2) is 62.2 Å². The number of likely N-dealkylation sites (N-methyl/N-ethyl adjacent to an activating group) is 2. The van der Waals surface area contributed by atoms with E-state index >= 15 is 0 Å². The fraction of sp³-hybridized carbons (Fsp3) is 0.647. The Hall–Kier alpha value is -0.940. The third-order valence-corrected chi connectivity index (χ3v) is 4.97. The second-order valence-electron chi connectivity index (χ2n) is 6.52. The zero-order chi connectivity index (χ0) is 14.8. The lowest BCUT2D eigenvalue weighted by atomic mass is 9.91. The summed E-state index contributed by atoms with van der Waals surface area (Å²) in [4.78, 5) is 4.78. The van der Waals surface area contributed by atoms with Gasteiger partial charge in [-0.1, -0.05) is 24.3 Å². The lowest BCUT2D eigenvalue weighted by Gasteiger charge is -2.41. The standard InChI is InChI=1S/C17H27N3O/c1-19-8-9-20(2)16(12-19)15(18)11-17-14-6-4-3-5-13(14)7-10-21-17/h3-6,15-17H,7-12,18H2,1-2H3. The van der Waals surface area contributed by atoms with Gasteiger partial charge in [0.05, 0.1) is 12.7 Å². The molecular weight excluding hydrogens is 262 g/mol. The van der Waals surface area contributed by atoms with E-state index in [2.05, 4.69) is 48.2 Å². The van der Waals surface area contributed by atoms with Crippen LogP contribution in [0.3, 0.4) is 0 Å². The van der Waals surface area contributed by atoms with Gasteiger partial charge in [-0.05, 0) is 38.1 Å². The maximum absolute atomic E-state index is 6.54. The lowest BCUT2D eigenvalue weighted by Crippen LogP contribution is -2.57. The van der Waals surface area contributed by atoms with E-state index in [1.807, 2.05) is 0 Å². The van der Waals surface area contributed by atoms with Gasteiger partial charge in [0, 0.05) is 31.7 Å². The number of rotatable bonds is 3. The van der Waals surface area contributed by atoms with E-state index in [0.29, 0.717) is 6.04 Å². The van der Waals surface area contributed by atoms with Gasteiger partial charge in [-0.3, -0.25) is 4.90 Å². The second kappa shape index (κ2) is 6.44. The summed E-state index contributed by atoms with van der Waals surface area (Å²) in [5, 5.41) is 0. The average molecular weight is 289 g/mol. The number of nitrogens with two attached hydrogens (primary N) is 1. The Bertz CT molecular complexity index is 479. The Morgan fingerprint density at radius 2 is 2.10 bits per heavy atom. The molecule has 21 heavy (non-hydrogen) atoms. The molecule has 0 bridgehead atoms. The molecule has 3 rings (SSSR count). The van der Waals surface area contributed by atoms with Crippen molar-refractivity contribution in [2.24, 2.45) is 5.73 Å². The minimum atomic E-state index is 0.147. The largest absolute Gasteiger partial charge is 0.373 e. The summed E-state index contributed by atoms with van der Waals surface area (Å²) in [6.07, 6.45) is 2.08. The number of ether oxygens (including phenoxy) is 1. The Balaban J connectivity index is 1.69. The molecule has 0 saturated carbocycles. The molecule has 1 saturated heterocycles. The van der Waals surface area contributed by atoms with Crippen molar-refractivity contribution in [2.75, 3.05) is 40.3 Å². The van der Waals surface area contributed by atoms with Crippen LogP contribution in [0.5, 0.6) is 0 Å². The molecule has 116 valence electrons. The molecule has 0 spiro atoms. The number of fused-ring (bicyclic) bond motifs is 1. The van der Waals surface area contributed by atoms with Crippen LogP contribution in [-0.2, 0) is 11.2 Å². The lowest BCUT2D eigenvalue weighted by molar-refractivity contribution is 0.0169. The first-order chi connectivity index (χ1) is 10.1. The average Bonchev–Trinajstić information content (AvgIpc) is 2.50. The van der Waals surface area contributed by atoms with Crippen LogP contribution in [0.2, 0.25) is 0 Å². The zero-order valence-electron chi connectivity index (χ0n) is 13.2. The molecule has 0 aliphatic carbocycles. The zero-order valence-corrected chi connectivity index (χ0v) is 13.2. The third-order valence-electron chi connectivity index (χ3n) is 4.97. The summed E-state index contributed by atoms with van der Waals surface area (Å²) in [7, 11) is 4.37. The quantitative estimate of drug-likeness (QED) is 0.910. The fourth-order valence-corrected chi connectivity index (χ4v) is 3.58. The molecule has 2 aliphatic heterocycles. The van der Waals surface area contributed by atoms with Crippen LogP contribution in [0, 0.1) is 0 Å². The smallest absolute Gasteiger partial charge is 0.0843 e. The minimum absolute atomic E-state index is 0.147. The highest BCUT2D eigenvalue weighted by Crippen LogP contribution is 2.31. The third kappa shape index (κ3) is 3.29. The van der Waals surface area contributed by atoms with Gasteiger partial charge in [0.15, 0.2) is 0 Å². The number of hydrogen-bond donors (Lipinski definition) is 1. The minimum Gasteiger partial charge on any atom is -0.373 e. The molecule has 1 fully saturated rings. The molecule has 1 aromatic rings. The van der Waals surface area contributed by atoms with E-state index in [0.717, 1.165) is 39.1 Å². The number of nitrogens with zero attached hydrogens (tertiary/aromatic N) is 2. The Kier molecular flexibility index (Phi) is 4.60. The van der Waals surface area contributed by atoms with Crippen LogP contribution in [0.4, 0.5) is 0 Å². The summed E-state index contributed by atoms with van der Waals surface area (Å²) in [5.74, 6) is 0. The summed E-state index contributed by atoms with van der Waals surface area (Å²) >= 11 is 0. The molecule has 2 heterocycles. The summed E-state index contributed by atoms with van der Waals surface area (Å²) in [6, 6.07) is 9.20. The van der Waals surface area contributed by atoms with Crippen molar-refractivity contribution in [3.63, 3.8) is 0 Å². The van der Waals surface area contributed by atoms with Crippen molar-refractivity contribution in [1.82, 2.24) is 9.80 Å². The highest BCUT2D eigenvalue weighted by molar-refractivity contribution is 5.31. The highest BCUT2D eigenvalue weighted by Gasteiger charge is 2.31. The molecule has 0 amide bonds. The van der Waals surface area contributed by atoms with Gasteiger partial charge in [-0.15, -0.1) is 0 Å². The fourth-order valence-electron chi connectivity index (χ4n) is 3.58.